The van der Waals surface area contributed by atoms with Gasteiger partial charge in [0.2, 0.25) is 0 Å². The minimum Gasteiger partial charge on any atom is -0.493 e. The molecule has 6 heteroatoms. The maximum atomic E-state index is 5.96. The number of ether oxygens (including phenoxy) is 2. The van der Waals surface area contributed by atoms with Crippen LogP contribution in [0.2, 0.25) is 5.02 Å². The number of methoxy groups -OCH3 is 2. The van der Waals surface area contributed by atoms with Crippen LogP contribution in [0.4, 0.5) is 5.69 Å². The molecule has 0 aliphatic heterocycles. The van der Waals surface area contributed by atoms with Gasteiger partial charge < -0.3 is 20.1 Å². The molecule has 24 heavy (non-hydrogen) atoms. The van der Waals surface area contributed by atoms with Crippen molar-refractivity contribution in [2.75, 3.05) is 26.1 Å². The molecule has 0 fully saturated rings. The second kappa shape index (κ2) is 8.76. The standard InChI is InChI=1S/C18H21ClN2O2S/c1-12-10-14(19)5-6-15(12)21-18(24)20-9-8-13-4-7-16(22-2)17(11-13)23-3/h4-7,10-11H,8-9H2,1-3H3,(H2,20,21,24). The van der Waals surface area contributed by atoms with Crippen LogP contribution in [0.25, 0.3) is 0 Å². The van der Waals surface area contributed by atoms with Gasteiger partial charge in [-0.15, -0.1) is 0 Å². The number of aryl methyl sites for hydroxylation is 1. The van der Waals surface area contributed by atoms with E-state index in [1.807, 2.05) is 43.3 Å². The summed E-state index contributed by atoms with van der Waals surface area (Å²) in [5.41, 5.74) is 3.14. The largest absolute Gasteiger partial charge is 0.493 e. The summed E-state index contributed by atoms with van der Waals surface area (Å²) < 4.78 is 10.6. The third-order valence-corrected chi connectivity index (χ3v) is 4.07. The molecule has 4 nitrogen and oxygen atoms in total. The monoisotopic (exact) mass is 364 g/mol. The zero-order valence-electron chi connectivity index (χ0n) is 14.0. The summed E-state index contributed by atoms with van der Waals surface area (Å²) in [5.74, 6) is 1.46. The minimum atomic E-state index is 0.584. The van der Waals surface area contributed by atoms with Gasteiger partial charge in [-0.2, -0.15) is 0 Å². The summed E-state index contributed by atoms with van der Waals surface area (Å²) in [4.78, 5) is 0. The van der Waals surface area contributed by atoms with Gasteiger partial charge in [-0.1, -0.05) is 17.7 Å². The van der Waals surface area contributed by atoms with E-state index < -0.39 is 0 Å². The lowest BCUT2D eigenvalue weighted by Gasteiger charge is -2.13. The molecule has 2 aromatic rings. The fraction of sp³-hybridized carbons (Fsp3) is 0.278. The normalized spacial score (nSPS) is 10.2. The molecule has 0 aromatic heterocycles. The number of thiocarbonyl (C=S) groups is 1. The average Bonchev–Trinajstić information content (AvgIpc) is 2.57. The van der Waals surface area contributed by atoms with Crippen molar-refractivity contribution in [2.45, 2.75) is 13.3 Å². The maximum absolute atomic E-state index is 5.96. The van der Waals surface area contributed by atoms with Crippen LogP contribution in [0.15, 0.2) is 36.4 Å². The van der Waals surface area contributed by atoms with Crippen molar-refractivity contribution in [3.8, 4) is 11.5 Å². The van der Waals surface area contributed by atoms with Crippen molar-refractivity contribution in [3.05, 3.63) is 52.5 Å². The van der Waals surface area contributed by atoms with E-state index in [1.54, 1.807) is 14.2 Å². The first-order valence-electron chi connectivity index (χ1n) is 7.55. The molecule has 0 heterocycles. The summed E-state index contributed by atoms with van der Waals surface area (Å²) in [5, 5.41) is 7.68. The summed E-state index contributed by atoms with van der Waals surface area (Å²) in [6.45, 7) is 2.70. The smallest absolute Gasteiger partial charge is 0.170 e. The molecular weight excluding hydrogens is 344 g/mol. The molecule has 0 bridgehead atoms. The van der Waals surface area contributed by atoms with Crippen molar-refractivity contribution in [1.82, 2.24) is 5.32 Å². The SMILES string of the molecule is COc1ccc(CCNC(=S)Nc2ccc(Cl)cc2C)cc1OC. The Kier molecular flexibility index (Phi) is 6.70. The van der Waals surface area contributed by atoms with Gasteiger partial charge in [0.05, 0.1) is 14.2 Å². The molecule has 0 aliphatic rings. The van der Waals surface area contributed by atoms with E-state index in [-0.39, 0.29) is 0 Å². The van der Waals surface area contributed by atoms with Crippen LogP contribution in [0.1, 0.15) is 11.1 Å². The van der Waals surface area contributed by atoms with E-state index in [0.29, 0.717) is 16.7 Å². The van der Waals surface area contributed by atoms with E-state index in [2.05, 4.69) is 10.6 Å². The predicted octanol–water partition coefficient (Wildman–Crippen LogP) is 4.19. The van der Waals surface area contributed by atoms with Crippen molar-refractivity contribution < 1.29 is 9.47 Å². The highest BCUT2D eigenvalue weighted by Gasteiger charge is 2.05. The summed E-state index contributed by atoms with van der Waals surface area (Å²) >= 11 is 11.3. The molecular formula is C18H21ClN2O2S. The van der Waals surface area contributed by atoms with Crippen molar-refractivity contribution in [1.29, 1.82) is 0 Å². The number of halogens is 1. The lowest BCUT2D eigenvalue weighted by Crippen LogP contribution is -2.30. The Hall–Kier alpha value is -1.98. The summed E-state index contributed by atoms with van der Waals surface area (Å²) in [7, 11) is 3.26. The minimum absolute atomic E-state index is 0.584. The number of rotatable bonds is 6. The molecule has 2 rings (SSSR count). The van der Waals surface area contributed by atoms with Gasteiger partial charge in [0.25, 0.3) is 0 Å². The summed E-state index contributed by atoms with van der Waals surface area (Å²) in [6.07, 6.45) is 0.821. The first-order chi connectivity index (χ1) is 11.5. The second-order valence-electron chi connectivity index (χ2n) is 5.28. The number of hydrogen-bond donors (Lipinski definition) is 2. The van der Waals surface area contributed by atoms with E-state index >= 15 is 0 Å². The van der Waals surface area contributed by atoms with Gasteiger partial charge in [-0.3, -0.25) is 0 Å². The van der Waals surface area contributed by atoms with E-state index in [4.69, 9.17) is 33.3 Å². The average molecular weight is 365 g/mol. The molecule has 2 N–H and O–H groups in total. The molecule has 0 unspecified atom stereocenters. The molecule has 0 aliphatic carbocycles. The number of nitrogens with one attached hydrogen (secondary N) is 2. The van der Waals surface area contributed by atoms with Crippen LogP contribution >= 0.6 is 23.8 Å². The Morgan fingerprint density at radius 1 is 1.08 bits per heavy atom. The Balaban J connectivity index is 1.86. The lowest BCUT2D eigenvalue weighted by molar-refractivity contribution is 0.354. The fourth-order valence-electron chi connectivity index (χ4n) is 2.29. The molecule has 0 atom stereocenters. The summed E-state index contributed by atoms with van der Waals surface area (Å²) in [6, 6.07) is 11.5. The lowest BCUT2D eigenvalue weighted by atomic mass is 10.1. The number of benzene rings is 2. The van der Waals surface area contributed by atoms with Crippen LogP contribution in [-0.4, -0.2) is 25.9 Å². The Morgan fingerprint density at radius 2 is 1.83 bits per heavy atom. The highest BCUT2D eigenvalue weighted by atomic mass is 35.5. The predicted molar refractivity (Wildman–Crippen MR) is 104 cm³/mol. The third kappa shape index (κ3) is 5.01. The van der Waals surface area contributed by atoms with E-state index in [1.165, 1.54) is 0 Å². The van der Waals surface area contributed by atoms with Gasteiger partial charge in [0, 0.05) is 17.3 Å². The van der Waals surface area contributed by atoms with Crippen LogP contribution < -0.4 is 20.1 Å². The first-order valence-corrected chi connectivity index (χ1v) is 8.34. The molecule has 0 saturated heterocycles. The topological polar surface area (TPSA) is 42.5 Å². The fourth-order valence-corrected chi connectivity index (χ4v) is 2.73. The highest BCUT2D eigenvalue weighted by molar-refractivity contribution is 7.80. The maximum Gasteiger partial charge on any atom is 0.170 e. The van der Waals surface area contributed by atoms with Gasteiger partial charge in [-0.25, -0.2) is 0 Å². The van der Waals surface area contributed by atoms with E-state index in [0.717, 1.165) is 34.7 Å². The van der Waals surface area contributed by atoms with Gasteiger partial charge in [0.15, 0.2) is 16.6 Å². The Bertz CT molecular complexity index is 722. The van der Waals surface area contributed by atoms with Crippen LogP contribution in [-0.2, 0) is 6.42 Å². The Morgan fingerprint density at radius 3 is 2.50 bits per heavy atom. The van der Waals surface area contributed by atoms with Crippen molar-refractivity contribution in [2.24, 2.45) is 0 Å². The molecule has 128 valence electrons. The first kappa shape index (κ1) is 18.4. The van der Waals surface area contributed by atoms with Crippen molar-refractivity contribution in [3.63, 3.8) is 0 Å². The van der Waals surface area contributed by atoms with Crippen molar-refractivity contribution >= 4 is 34.6 Å². The van der Waals surface area contributed by atoms with Gasteiger partial charge >= 0.3 is 0 Å². The molecule has 2 aromatic carbocycles. The van der Waals surface area contributed by atoms with E-state index in [9.17, 15) is 0 Å². The number of hydrogen-bond acceptors (Lipinski definition) is 3. The van der Waals surface area contributed by atoms with Crippen LogP contribution in [0, 0.1) is 6.92 Å². The zero-order valence-corrected chi connectivity index (χ0v) is 15.6. The van der Waals surface area contributed by atoms with Crippen LogP contribution in [0.3, 0.4) is 0 Å². The van der Waals surface area contributed by atoms with Gasteiger partial charge in [-0.05, 0) is 67.0 Å². The molecule has 0 spiro atoms. The molecule has 0 saturated carbocycles. The van der Waals surface area contributed by atoms with Gasteiger partial charge in [0.1, 0.15) is 0 Å². The molecule has 0 amide bonds. The Labute approximate surface area is 153 Å². The quantitative estimate of drug-likeness (QED) is 0.752. The number of anilines is 1. The molecule has 0 radical (unpaired) electrons. The second-order valence-corrected chi connectivity index (χ2v) is 6.12. The highest BCUT2D eigenvalue weighted by Crippen LogP contribution is 2.27. The third-order valence-electron chi connectivity index (χ3n) is 3.58. The van der Waals surface area contributed by atoms with Crippen LogP contribution in [0.5, 0.6) is 11.5 Å². The zero-order chi connectivity index (χ0) is 17.5.